The number of sulfonamides is 1. The van der Waals surface area contributed by atoms with Crippen molar-refractivity contribution in [2.24, 2.45) is 0 Å². The molecule has 0 aliphatic carbocycles. The summed E-state index contributed by atoms with van der Waals surface area (Å²) in [5, 5.41) is 0.226. The fraction of sp³-hybridized carbons (Fsp3) is 0.333. The van der Waals surface area contributed by atoms with E-state index >= 15 is 0 Å². The fourth-order valence-corrected chi connectivity index (χ4v) is 8.49. The number of imidazole rings is 1. The van der Waals surface area contributed by atoms with Gasteiger partial charge < -0.3 is 23.7 Å². The summed E-state index contributed by atoms with van der Waals surface area (Å²) in [6.45, 7) is 9.02. The van der Waals surface area contributed by atoms with Crippen molar-refractivity contribution in [3.8, 4) is 45.8 Å². The highest BCUT2D eigenvalue weighted by Crippen LogP contribution is 2.38. The van der Waals surface area contributed by atoms with Crippen LogP contribution in [0.25, 0.3) is 22.8 Å². The fourth-order valence-electron chi connectivity index (χ4n) is 5.82. The molecule has 0 radical (unpaired) electrons. The minimum Gasteiger partial charge on any atom is -0.497 e. The number of hydrogen-bond acceptors (Lipinski definition) is 9. The number of rotatable bonds is 17. The summed E-state index contributed by atoms with van der Waals surface area (Å²) in [4.78, 5) is 9.17. The first-order valence-electron chi connectivity index (χ1n) is 17.2. The van der Waals surface area contributed by atoms with Crippen LogP contribution in [-0.2, 0) is 34.6 Å². The van der Waals surface area contributed by atoms with E-state index in [1.165, 1.54) is 30.7 Å². The Labute approximate surface area is 322 Å². The Hall–Kier alpha value is -4.47. The molecule has 5 aromatic rings. The first kappa shape index (κ1) is 40.7. The minimum absolute atomic E-state index is 0.0428. The maximum atomic E-state index is 14.9. The SMILES string of the molecule is COc1ccc(CN(Cc2ccc(OC)cc2OC)S(=O)(=O)c2cccc(-c3nc(-c4ccc(F)cn4)n(COCC[Si](C)(C)C)c3Cl)c2C)c(OC)c1. The second-order valence-corrected chi connectivity index (χ2v) is 21.7. The second-order valence-electron chi connectivity index (χ2n) is 13.8. The van der Waals surface area contributed by atoms with Gasteiger partial charge in [0.2, 0.25) is 10.0 Å². The third-order valence-corrected chi connectivity index (χ3v) is 12.9. The van der Waals surface area contributed by atoms with Gasteiger partial charge in [0.15, 0.2) is 5.82 Å². The normalized spacial score (nSPS) is 11.9. The lowest BCUT2D eigenvalue weighted by Crippen LogP contribution is -2.31. The van der Waals surface area contributed by atoms with Crippen LogP contribution in [0.3, 0.4) is 0 Å². The van der Waals surface area contributed by atoms with E-state index in [-0.39, 0.29) is 29.9 Å². The average molecular weight is 797 g/mol. The lowest BCUT2D eigenvalue weighted by Gasteiger charge is -2.26. The summed E-state index contributed by atoms with van der Waals surface area (Å²) in [6.07, 6.45) is 1.11. The average Bonchev–Trinajstić information content (AvgIpc) is 3.48. The third-order valence-electron chi connectivity index (χ3n) is 8.92. The van der Waals surface area contributed by atoms with Gasteiger partial charge in [-0.25, -0.2) is 22.8 Å². The zero-order chi connectivity index (χ0) is 39.2. The third kappa shape index (κ3) is 9.24. The van der Waals surface area contributed by atoms with Crippen LogP contribution in [0.5, 0.6) is 23.0 Å². The van der Waals surface area contributed by atoms with E-state index in [0.29, 0.717) is 69.1 Å². The van der Waals surface area contributed by atoms with Gasteiger partial charge in [0.1, 0.15) is 52.1 Å². The Kier molecular flexibility index (Phi) is 13.1. The Balaban J connectivity index is 1.61. The van der Waals surface area contributed by atoms with Gasteiger partial charge in [-0.15, -0.1) is 0 Å². The van der Waals surface area contributed by atoms with Gasteiger partial charge in [-0.2, -0.15) is 4.31 Å². The molecule has 0 unspecified atom stereocenters. The molecule has 15 heteroatoms. The molecule has 0 fully saturated rings. The van der Waals surface area contributed by atoms with Crippen LogP contribution in [-0.4, -0.2) is 70.4 Å². The number of ether oxygens (including phenoxy) is 5. The largest absolute Gasteiger partial charge is 0.497 e. The summed E-state index contributed by atoms with van der Waals surface area (Å²) in [7, 11) is 0.528. The molecule has 0 amide bonds. The molecule has 0 N–H and O–H groups in total. The summed E-state index contributed by atoms with van der Waals surface area (Å²) in [6, 6.07) is 19.2. The van der Waals surface area contributed by atoms with Crippen LogP contribution >= 0.6 is 11.6 Å². The van der Waals surface area contributed by atoms with Gasteiger partial charge >= 0.3 is 0 Å². The van der Waals surface area contributed by atoms with E-state index in [1.807, 2.05) is 0 Å². The van der Waals surface area contributed by atoms with E-state index in [9.17, 15) is 12.8 Å². The van der Waals surface area contributed by atoms with Crippen molar-refractivity contribution in [1.29, 1.82) is 0 Å². The maximum absolute atomic E-state index is 14.9. The van der Waals surface area contributed by atoms with Crippen molar-refractivity contribution in [1.82, 2.24) is 18.8 Å². The van der Waals surface area contributed by atoms with Gasteiger partial charge in [0.25, 0.3) is 0 Å². The monoisotopic (exact) mass is 796 g/mol. The van der Waals surface area contributed by atoms with Crippen molar-refractivity contribution >= 4 is 29.7 Å². The predicted molar refractivity (Wildman–Crippen MR) is 210 cm³/mol. The molecule has 0 aliphatic heterocycles. The molecular weight excluding hydrogens is 751 g/mol. The highest BCUT2D eigenvalue weighted by Gasteiger charge is 2.31. The van der Waals surface area contributed by atoms with Crippen molar-refractivity contribution in [3.05, 3.63) is 101 Å². The summed E-state index contributed by atoms with van der Waals surface area (Å²) >= 11 is 7.07. The van der Waals surface area contributed by atoms with E-state index in [4.69, 9.17) is 40.3 Å². The number of aromatic nitrogens is 3. The molecule has 0 saturated carbocycles. The first-order valence-corrected chi connectivity index (χ1v) is 22.7. The standard InChI is InChI=1S/C39H46ClFN4O7SSi/c1-26-32(37-38(40)45(25-52-18-19-54(6,7)8)39(43-37)33-17-14-29(41)22-42-33)10-9-11-36(26)53(46,47)44(23-27-12-15-30(48-2)20-34(27)50-4)24-28-13-16-31(49-3)21-35(28)51-5/h9-17,20-22H,18-19,23-25H2,1-8H3. The zero-order valence-corrected chi connectivity index (χ0v) is 34.3. The molecule has 0 atom stereocenters. The predicted octanol–water partition coefficient (Wildman–Crippen LogP) is 8.45. The summed E-state index contributed by atoms with van der Waals surface area (Å²) in [5.74, 6) is 1.93. The highest BCUT2D eigenvalue weighted by atomic mass is 35.5. The van der Waals surface area contributed by atoms with Gasteiger partial charge in [0.05, 0.1) is 39.5 Å². The molecule has 0 bridgehead atoms. The molecule has 0 saturated heterocycles. The zero-order valence-electron chi connectivity index (χ0n) is 31.8. The number of benzene rings is 3. The van der Waals surface area contributed by atoms with Crippen LogP contribution in [0, 0.1) is 12.7 Å². The lowest BCUT2D eigenvalue weighted by atomic mass is 10.1. The van der Waals surface area contributed by atoms with Gasteiger partial charge in [0, 0.05) is 56.6 Å². The maximum Gasteiger partial charge on any atom is 0.243 e. The molecule has 54 heavy (non-hydrogen) atoms. The van der Waals surface area contributed by atoms with E-state index in [0.717, 1.165) is 12.2 Å². The van der Waals surface area contributed by atoms with Gasteiger partial charge in [-0.1, -0.05) is 55.5 Å². The Morgan fingerprint density at radius 2 is 1.46 bits per heavy atom. The molecule has 0 aliphatic rings. The lowest BCUT2D eigenvalue weighted by molar-refractivity contribution is 0.0884. The number of halogens is 2. The van der Waals surface area contributed by atoms with Crippen LogP contribution in [0.2, 0.25) is 30.8 Å². The Bertz CT molecular complexity index is 2140. The number of methoxy groups -OCH3 is 4. The smallest absolute Gasteiger partial charge is 0.243 e. The van der Waals surface area contributed by atoms with E-state index < -0.39 is 23.9 Å². The summed E-state index contributed by atoms with van der Waals surface area (Å²) in [5.41, 5.74) is 2.88. The Morgan fingerprint density at radius 1 is 0.852 bits per heavy atom. The van der Waals surface area contributed by atoms with Crippen LogP contribution in [0.4, 0.5) is 4.39 Å². The Morgan fingerprint density at radius 3 is 1.98 bits per heavy atom. The molecule has 0 spiro atoms. The van der Waals surface area contributed by atoms with Crippen molar-refractivity contribution in [3.63, 3.8) is 0 Å². The van der Waals surface area contributed by atoms with Crippen LogP contribution in [0.1, 0.15) is 16.7 Å². The van der Waals surface area contributed by atoms with Crippen molar-refractivity contribution < 1.29 is 36.5 Å². The number of nitrogens with zero attached hydrogens (tertiary/aromatic N) is 4. The van der Waals surface area contributed by atoms with Gasteiger partial charge in [-0.05, 0) is 48.9 Å². The molecular formula is C39H46ClFN4O7SSi. The van der Waals surface area contributed by atoms with E-state index in [1.54, 1.807) is 80.3 Å². The minimum atomic E-state index is -4.24. The molecule has 288 valence electrons. The van der Waals surface area contributed by atoms with Gasteiger partial charge in [-0.3, -0.25) is 4.57 Å². The van der Waals surface area contributed by atoms with Crippen molar-refractivity contribution in [2.75, 3.05) is 35.0 Å². The number of pyridine rings is 1. The first-order chi connectivity index (χ1) is 25.7. The molecule has 3 aromatic carbocycles. The quantitative estimate of drug-likeness (QED) is 0.0676. The molecule has 5 rings (SSSR count). The highest BCUT2D eigenvalue weighted by molar-refractivity contribution is 7.89. The molecule has 2 aromatic heterocycles. The molecule has 2 heterocycles. The van der Waals surface area contributed by atoms with Crippen LogP contribution < -0.4 is 18.9 Å². The number of hydrogen-bond donors (Lipinski definition) is 0. The second kappa shape index (κ2) is 17.3. The topological polar surface area (TPSA) is 114 Å². The van der Waals surface area contributed by atoms with E-state index in [2.05, 4.69) is 24.6 Å². The van der Waals surface area contributed by atoms with Crippen LogP contribution in [0.15, 0.2) is 77.8 Å². The van der Waals surface area contributed by atoms with Crippen molar-refractivity contribution in [2.45, 2.75) is 57.3 Å². The molecule has 11 nitrogen and oxygen atoms in total. The summed E-state index contributed by atoms with van der Waals surface area (Å²) < 4.78 is 74.9.